The Morgan fingerprint density at radius 2 is 2.04 bits per heavy atom. The lowest BCUT2D eigenvalue weighted by molar-refractivity contribution is -0.0693. The van der Waals surface area contributed by atoms with Crippen molar-refractivity contribution in [2.24, 2.45) is 0 Å². The third kappa shape index (κ3) is 3.00. The summed E-state index contributed by atoms with van der Waals surface area (Å²) in [6.45, 7) is 3.13. The molecule has 4 rings (SSSR count). The number of nitrogens with zero attached hydrogens (tertiary/aromatic N) is 2. The second kappa shape index (κ2) is 6.33. The zero-order valence-corrected chi connectivity index (χ0v) is 15.1. The zero-order chi connectivity index (χ0) is 16.7. The SMILES string of the molecule is C[C@H]1CN(C(=O)c2n[nH]c(C3CC3)c2Br)C[C@H](c2ccccc2)O1. The van der Waals surface area contributed by atoms with Gasteiger partial charge in [-0.3, -0.25) is 9.89 Å². The molecule has 1 saturated heterocycles. The van der Waals surface area contributed by atoms with E-state index in [1.165, 1.54) is 12.8 Å². The van der Waals surface area contributed by atoms with Crippen molar-refractivity contribution < 1.29 is 9.53 Å². The van der Waals surface area contributed by atoms with Crippen molar-refractivity contribution in [1.29, 1.82) is 0 Å². The Labute approximate surface area is 149 Å². The van der Waals surface area contributed by atoms with Crippen molar-refractivity contribution in [1.82, 2.24) is 15.1 Å². The molecule has 2 aliphatic rings. The molecular weight excluding hydrogens is 370 g/mol. The quantitative estimate of drug-likeness (QED) is 0.871. The van der Waals surface area contributed by atoms with Gasteiger partial charge >= 0.3 is 0 Å². The molecule has 6 heteroatoms. The number of morpholine rings is 1. The number of benzene rings is 1. The van der Waals surface area contributed by atoms with Gasteiger partial charge in [-0.05, 0) is 41.3 Å². The summed E-state index contributed by atoms with van der Waals surface area (Å²) in [5.74, 6) is 0.482. The number of amides is 1. The summed E-state index contributed by atoms with van der Waals surface area (Å²) in [5.41, 5.74) is 2.64. The molecule has 1 amide bonds. The number of hydrogen-bond donors (Lipinski definition) is 1. The van der Waals surface area contributed by atoms with Crippen LogP contribution in [-0.2, 0) is 4.74 Å². The van der Waals surface area contributed by atoms with E-state index in [2.05, 4.69) is 26.1 Å². The summed E-state index contributed by atoms with van der Waals surface area (Å²) in [6.07, 6.45) is 2.23. The molecule has 2 atom stereocenters. The van der Waals surface area contributed by atoms with Gasteiger partial charge in [-0.1, -0.05) is 30.3 Å². The Morgan fingerprint density at radius 1 is 1.29 bits per heavy atom. The molecule has 2 aromatic rings. The first-order valence-electron chi connectivity index (χ1n) is 8.37. The second-order valence-electron chi connectivity index (χ2n) is 6.63. The van der Waals surface area contributed by atoms with Crippen LogP contribution in [0, 0.1) is 0 Å². The molecule has 1 aliphatic carbocycles. The first-order chi connectivity index (χ1) is 11.6. The Hall–Kier alpha value is -1.66. The minimum Gasteiger partial charge on any atom is -0.367 e. The van der Waals surface area contributed by atoms with Gasteiger partial charge in [0, 0.05) is 12.5 Å². The molecule has 1 N–H and O–H groups in total. The average molecular weight is 390 g/mol. The van der Waals surface area contributed by atoms with Crippen molar-refractivity contribution >= 4 is 21.8 Å². The maximum absolute atomic E-state index is 13.0. The Bertz CT molecular complexity index is 742. The van der Waals surface area contributed by atoms with Crippen LogP contribution in [0.4, 0.5) is 0 Å². The highest BCUT2D eigenvalue weighted by atomic mass is 79.9. The molecule has 5 nitrogen and oxygen atoms in total. The minimum atomic E-state index is -0.0977. The van der Waals surface area contributed by atoms with Crippen LogP contribution in [0.2, 0.25) is 0 Å². The molecule has 0 unspecified atom stereocenters. The first kappa shape index (κ1) is 15.8. The van der Waals surface area contributed by atoms with Gasteiger partial charge in [0.25, 0.3) is 5.91 Å². The maximum atomic E-state index is 13.0. The van der Waals surface area contributed by atoms with Crippen LogP contribution >= 0.6 is 15.9 Å². The van der Waals surface area contributed by atoms with E-state index < -0.39 is 0 Å². The highest BCUT2D eigenvalue weighted by Gasteiger charge is 2.34. The van der Waals surface area contributed by atoms with Crippen LogP contribution < -0.4 is 0 Å². The number of hydrogen-bond acceptors (Lipinski definition) is 3. The number of ether oxygens (including phenoxy) is 1. The molecule has 0 bridgehead atoms. The summed E-state index contributed by atoms with van der Waals surface area (Å²) in [5, 5.41) is 7.31. The summed E-state index contributed by atoms with van der Waals surface area (Å²) in [7, 11) is 0. The van der Waals surface area contributed by atoms with Gasteiger partial charge in [-0.15, -0.1) is 0 Å². The molecule has 126 valence electrons. The predicted octanol–water partition coefficient (Wildman–Crippen LogP) is 3.65. The molecule has 1 aromatic carbocycles. The van der Waals surface area contributed by atoms with E-state index in [4.69, 9.17) is 4.74 Å². The van der Waals surface area contributed by atoms with E-state index in [-0.39, 0.29) is 18.1 Å². The van der Waals surface area contributed by atoms with Crippen molar-refractivity contribution in [3.05, 3.63) is 51.8 Å². The normalized spacial score (nSPS) is 24.2. The van der Waals surface area contributed by atoms with Gasteiger partial charge in [-0.25, -0.2) is 0 Å². The lowest BCUT2D eigenvalue weighted by atomic mass is 10.1. The van der Waals surface area contributed by atoms with E-state index in [0.717, 1.165) is 15.7 Å². The fourth-order valence-electron chi connectivity index (χ4n) is 3.24. The van der Waals surface area contributed by atoms with Crippen LogP contribution in [-0.4, -0.2) is 40.2 Å². The van der Waals surface area contributed by atoms with E-state index >= 15 is 0 Å². The zero-order valence-electron chi connectivity index (χ0n) is 13.5. The summed E-state index contributed by atoms with van der Waals surface area (Å²) < 4.78 is 6.86. The van der Waals surface area contributed by atoms with Gasteiger partial charge in [0.2, 0.25) is 0 Å². The number of rotatable bonds is 3. The largest absolute Gasteiger partial charge is 0.367 e. The highest BCUT2D eigenvalue weighted by Crippen LogP contribution is 2.43. The van der Waals surface area contributed by atoms with E-state index in [9.17, 15) is 4.79 Å². The fourth-order valence-corrected chi connectivity index (χ4v) is 3.92. The topological polar surface area (TPSA) is 58.2 Å². The van der Waals surface area contributed by atoms with Crippen LogP contribution in [0.25, 0.3) is 0 Å². The molecule has 24 heavy (non-hydrogen) atoms. The fraction of sp³-hybridized carbons (Fsp3) is 0.444. The number of aromatic amines is 1. The summed E-state index contributed by atoms with van der Waals surface area (Å²) >= 11 is 3.56. The number of H-pyrrole nitrogens is 1. The lowest BCUT2D eigenvalue weighted by Gasteiger charge is -2.36. The van der Waals surface area contributed by atoms with Crippen LogP contribution in [0.3, 0.4) is 0 Å². The third-order valence-corrected chi connectivity index (χ3v) is 5.44. The maximum Gasteiger partial charge on any atom is 0.275 e. The third-order valence-electron chi connectivity index (χ3n) is 4.64. The number of nitrogens with one attached hydrogen (secondary N) is 1. The molecular formula is C18H20BrN3O2. The Kier molecular flexibility index (Phi) is 4.18. The van der Waals surface area contributed by atoms with Crippen LogP contribution in [0.1, 0.15) is 53.5 Å². The number of carbonyl (C=O) groups excluding carboxylic acids is 1. The molecule has 0 radical (unpaired) electrons. The lowest BCUT2D eigenvalue weighted by Crippen LogP contribution is -2.46. The van der Waals surface area contributed by atoms with Gasteiger partial charge in [0.1, 0.15) is 6.10 Å². The first-order valence-corrected chi connectivity index (χ1v) is 9.16. The predicted molar refractivity (Wildman–Crippen MR) is 93.9 cm³/mol. The molecule has 2 fully saturated rings. The minimum absolute atomic E-state index is 0.00599. The van der Waals surface area contributed by atoms with Crippen molar-refractivity contribution in [3.63, 3.8) is 0 Å². The molecule has 1 saturated carbocycles. The van der Waals surface area contributed by atoms with E-state index in [0.29, 0.717) is 24.7 Å². The van der Waals surface area contributed by atoms with Crippen molar-refractivity contribution in [2.75, 3.05) is 13.1 Å². The smallest absolute Gasteiger partial charge is 0.275 e. The van der Waals surface area contributed by atoms with E-state index in [1.54, 1.807) is 0 Å². The van der Waals surface area contributed by atoms with E-state index in [1.807, 2.05) is 42.2 Å². The second-order valence-corrected chi connectivity index (χ2v) is 7.42. The molecule has 0 spiro atoms. The number of aromatic nitrogens is 2. The average Bonchev–Trinajstić information content (AvgIpc) is 3.37. The molecule has 1 aromatic heterocycles. The van der Waals surface area contributed by atoms with Gasteiger partial charge in [0.05, 0.1) is 22.8 Å². The summed E-state index contributed by atoms with van der Waals surface area (Å²) in [6, 6.07) is 10.1. The summed E-state index contributed by atoms with van der Waals surface area (Å²) in [4.78, 5) is 14.8. The van der Waals surface area contributed by atoms with Crippen LogP contribution in [0.5, 0.6) is 0 Å². The van der Waals surface area contributed by atoms with Gasteiger partial charge in [-0.2, -0.15) is 5.10 Å². The van der Waals surface area contributed by atoms with Gasteiger partial charge in [0.15, 0.2) is 5.69 Å². The standard InChI is InChI=1S/C18H20BrN3O2/c1-11-9-22(10-14(24-11)12-5-3-2-4-6-12)18(23)17-15(19)16(20-21-17)13-7-8-13/h2-6,11,13-14H,7-10H2,1H3,(H,20,21)/t11-,14+/m0/s1. The van der Waals surface area contributed by atoms with Crippen molar-refractivity contribution in [2.45, 2.75) is 37.9 Å². The molecule has 1 aliphatic heterocycles. The Morgan fingerprint density at radius 3 is 2.75 bits per heavy atom. The molecule has 2 heterocycles. The van der Waals surface area contributed by atoms with Crippen molar-refractivity contribution in [3.8, 4) is 0 Å². The van der Waals surface area contributed by atoms with Gasteiger partial charge < -0.3 is 9.64 Å². The Balaban J connectivity index is 1.55. The van der Waals surface area contributed by atoms with Crippen LogP contribution in [0.15, 0.2) is 34.8 Å². The highest BCUT2D eigenvalue weighted by molar-refractivity contribution is 9.10. The number of halogens is 1. The number of carbonyl (C=O) groups is 1. The monoisotopic (exact) mass is 389 g/mol.